The predicted molar refractivity (Wildman–Crippen MR) is 242 cm³/mol. The van der Waals surface area contributed by atoms with Crippen molar-refractivity contribution < 1.29 is 4.74 Å². The number of hydrogen-bond donors (Lipinski definition) is 0. The lowest BCUT2D eigenvalue weighted by Gasteiger charge is -2.37. The van der Waals surface area contributed by atoms with Gasteiger partial charge in [0.25, 0.3) is 0 Å². The van der Waals surface area contributed by atoms with E-state index in [9.17, 15) is 0 Å². The van der Waals surface area contributed by atoms with Crippen molar-refractivity contribution in [3.63, 3.8) is 0 Å². The lowest BCUT2D eigenvalue weighted by molar-refractivity contribution is 0.476. The van der Waals surface area contributed by atoms with Gasteiger partial charge in [-0.2, -0.15) is 0 Å². The predicted octanol–water partition coefficient (Wildman–Crippen LogP) is 15.5. The van der Waals surface area contributed by atoms with Gasteiger partial charge in [-0.25, -0.2) is 0 Å². The van der Waals surface area contributed by atoms with Gasteiger partial charge in [0.2, 0.25) is 0 Å². The molecule has 0 bridgehead atoms. The van der Waals surface area contributed by atoms with Gasteiger partial charge >= 0.3 is 0 Å². The Bertz CT molecular complexity index is 2980. The Kier molecular flexibility index (Phi) is 6.78. The van der Waals surface area contributed by atoms with E-state index in [4.69, 9.17) is 4.74 Å². The first-order chi connectivity index (χ1) is 28.3. The molecule has 9 aromatic carbocycles. The monoisotopic (exact) mass is 743 g/mol. The molecule has 0 amide bonds. The van der Waals surface area contributed by atoms with Gasteiger partial charge in [-0.3, -0.25) is 0 Å². The summed E-state index contributed by atoms with van der Waals surface area (Å²) in [6, 6.07) is 64.9. The molecule has 58 heavy (non-hydrogen) atoms. The van der Waals surface area contributed by atoms with Gasteiger partial charge in [0.1, 0.15) is 0 Å². The van der Waals surface area contributed by atoms with Gasteiger partial charge in [-0.05, 0) is 101 Å². The van der Waals surface area contributed by atoms with Crippen molar-refractivity contribution in [1.82, 2.24) is 0 Å². The summed E-state index contributed by atoms with van der Waals surface area (Å²) in [5.74, 6) is 1.72. The van der Waals surface area contributed by atoms with Crippen molar-refractivity contribution in [2.75, 3.05) is 4.90 Å². The van der Waals surface area contributed by atoms with Crippen molar-refractivity contribution in [3.8, 4) is 56.0 Å². The van der Waals surface area contributed by atoms with Crippen molar-refractivity contribution in [3.05, 3.63) is 198 Å². The Morgan fingerprint density at radius 1 is 0.379 bits per heavy atom. The highest BCUT2D eigenvalue weighted by Gasteiger charge is 2.43. The zero-order valence-electron chi connectivity index (χ0n) is 33.1. The molecule has 0 atom stereocenters. The number of benzene rings is 9. The van der Waals surface area contributed by atoms with Crippen LogP contribution in [0.2, 0.25) is 0 Å². The summed E-state index contributed by atoms with van der Waals surface area (Å²) in [7, 11) is 0. The lowest BCUT2D eigenvalue weighted by Crippen LogP contribution is -2.21. The number of para-hydroxylation sites is 1. The molecule has 0 spiro atoms. The van der Waals surface area contributed by atoms with E-state index in [1.54, 1.807) is 0 Å². The summed E-state index contributed by atoms with van der Waals surface area (Å²) in [6.07, 6.45) is 0. The van der Waals surface area contributed by atoms with Gasteiger partial charge in [0.05, 0.1) is 17.1 Å². The molecule has 3 aliphatic rings. The van der Waals surface area contributed by atoms with Crippen molar-refractivity contribution in [2.45, 2.75) is 38.5 Å². The molecule has 276 valence electrons. The fourth-order valence-electron chi connectivity index (χ4n) is 10.5. The van der Waals surface area contributed by atoms with Gasteiger partial charge in [-0.1, -0.05) is 179 Å². The first-order valence-electron chi connectivity index (χ1n) is 20.4. The molecule has 2 nitrogen and oxygen atoms in total. The minimum atomic E-state index is -0.223. The summed E-state index contributed by atoms with van der Waals surface area (Å²) in [5, 5.41) is 5.07. The van der Waals surface area contributed by atoms with Crippen molar-refractivity contribution >= 4 is 38.6 Å². The summed E-state index contributed by atoms with van der Waals surface area (Å²) < 4.78 is 7.32. The summed E-state index contributed by atoms with van der Waals surface area (Å²) in [5.41, 5.74) is 17.9. The lowest BCUT2D eigenvalue weighted by atomic mass is 9.81. The average Bonchev–Trinajstić information content (AvgIpc) is 3.63. The van der Waals surface area contributed by atoms with E-state index in [1.165, 1.54) is 88.3 Å². The van der Waals surface area contributed by atoms with Crippen LogP contribution in [0.5, 0.6) is 11.5 Å². The Morgan fingerprint density at radius 2 is 0.810 bits per heavy atom. The first-order valence-corrected chi connectivity index (χ1v) is 20.4. The SMILES string of the molecule is CC1(C)c2cc3c(cc2-c2c1ccc1ccccc21)Oc1cc2c(cc1N3c1c(-c3ccccc3)cccc1-c1ccccc1)C(C)(C)c1ccc3ccccc3c1-2. The number of anilines is 3. The van der Waals surface area contributed by atoms with Crippen LogP contribution in [0.4, 0.5) is 17.1 Å². The second kappa shape index (κ2) is 11.8. The van der Waals surface area contributed by atoms with Crippen LogP contribution in [0.25, 0.3) is 66.1 Å². The maximum Gasteiger partial charge on any atom is 0.152 e. The number of nitrogens with zero attached hydrogens (tertiary/aromatic N) is 1. The van der Waals surface area contributed by atoms with Gasteiger partial charge in [-0.15, -0.1) is 0 Å². The fourth-order valence-corrected chi connectivity index (χ4v) is 10.5. The van der Waals surface area contributed by atoms with Crippen molar-refractivity contribution in [1.29, 1.82) is 0 Å². The van der Waals surface area contributed by atoms with Crippen LogP contribution in [0.3, 0.4) is 0 Å². The third-order valence-electron chi connectivity index (χ3n) is 13.4. The number of fused-ring (bicyclic) bond motifs is 12. The minimum absolute atomic E-state index is 0.223. The second-order valence-corrected chi connectivity index (χ2v) is 17.3. The van der Waals surface area contributed by atoms with Crippen LogP contribution in [0.15, 0.2) is 176 Å². The zero-order valence-corrected chi connectivity index (χ0v) is 33.1. The van der Waals surface area contributed by atoms with Crippen LogP contribution in [-0.4, -0.2) is 0 Å². The summed E-state index contributed by atoms with van der Waals surface area (Å²) in [6.45, 7) is 9.52. The maximum atomic E-state index is 7.32. The Morgan fingerprint density at radius 3 is 1.28 bits per heavy atom. The molecule has 0 unspecified atom stereocenters. The average molecular weight is 744 g/mol. The summed E-state index contributed by atoms with van der Waals surface area (Å²) in [4.78, 5) is 2.54. The van der Waals surface area contributed by atoms with Crippen LogP contribution >= 0.6 is 0 Å². The van der Waals surface area contributed by atoms with Gasteiger partial charge in [0.15, 0.2) is 11.5 Å². The normalized spacial score (nSPS) is 14.9. The standard InChI is InChI=1S/C56H41NO/c1-55(2)44-28-26-36-20-11-13-22-38(36)52(44)42-30-50-48(32-46(42)55)57(54-40(34-16-7-5-8-17-34)24-15-25-41(54)35-18-9-6-10-19-35)49-33-47-43(31-51(49)58-50)53-39-23-14-12-21-37(39)27-29-45(53)56(47,3)4/h5-33H,1-4H3. The van der Waals surface area contributed by atoms with E-state index in [-0.39, 0.29) is 10.8 Å². The minimum Gasteiger partial charge on any atom is -0.453 e. The molecule has 12 rings (SSSR count). The van der Waals surface area contributed by atoms with Crippen LogP contribution in [0, 0.1) is 0 Å². The van der Waals surface area contributed by atoms with E-state index >= 15 is 0 Å². The van der Waals surface area contributed by atoms with E-state index in [1.807, 2.05) is 0 Å². The molecule has 0 radical (unpaired) electrons. The molecule has 2 aliphatic carbocycles. The third-order valence-corrected chi connectivity index (χ3v) is 13.4. The highest BCUT2D eigenvalue weighted by Crippen LogP contribution is 2.62. The zero-order chi connectivity index (χ0) is 38.9. The highest BCUT2D eigenvalue weighted by atomic mass is 16.5. The molecular formula is C56H41NO. The first kappa shape index (κ1) is 33.3. The number of rotatable bonds is 3. The topological polar surface area (TPSA) is 12.5 Å². The fraction of sp³-hybridized carbons (Fsp3) is 0.107. The quantitative estimate of drug-likeness (QED) is 0.179. The summed E-state index contributed by atoms with van der Waals surface area (Å²) >= 11 is 0. The van der Waals surface area contributed by atoms with Crippen LogP contribution in [0.1, 0.15) is 49.9 Å². The molecular weight excluding hydrogens is 703 g/mol. The molecule has 0 fully saturated rings. The Hall–Kier alpha value is -6.90. The second-order valence-electron chi connectivity index (χ2n) is 17.3. The van der Waals surface area contributed by atoms with E-state index < -0.39 is 0 Å². The smallest absolute Gasteiger partial charge is 0.152 e. The Labute approximate surface area is 339 Å². The largest absolute Gasteiger partial charge is 0.453 e. The Balaban J connectivity index is 1.19. The van der Waals surface area contributed by atoms with E-state index in [0.29, 0.717) is 0 Å². The highest BCUT2D eigenvalue weighted by molar-refractivity contribution is 6.08. The maximum absolute atomic E-state index is 7.32. The molecule has 0 aromatic heterocycles. The molecule has 0 N–H and O–H groups in total. The molecule has 9 aromatic rings. The molecule has 0 saturated carbocycles. The number of hydrogen-bond acceptors (Lipinski definition) is 2. The molecule has 2 heteroatoms. The molecule has 1 aliphatic heterocycles. The van der Waals surface area contributed by atoms with E-state index in [0.717, 1.165) is 28.6 Å². The van der Waals surface area contributed by atoms with Gasteiger partial charge in [0, 0.05) is 22.0 Å². The van der Waals surface area contributed by atoms with Crippen molar-refractivity contribution in [2.24, 2.45) is 0 Å². The van der Waals surface area contributed by atoms with E-state index in [2.05, 4.69) is 209 Å². The molecule has 0 saturated heterocycles. The number of ether oxygens (including phenoxy) is 1. The third kappa shape index (κ3) is 4.49. The van der Waals surface area contributed by atoms with Gasteiger partial charge < -0.3 is 9.64 Å². The van der Waals surface area contributed by atoms with Crippen LogP contribution in [-0.2, 0) is 10.8 Å². The molecule has 1 heterocycles. The van der Waals surface area contributed by atoms with Crippen LogP contribution < -0.4 is 9.64 Å².